The maximum absolute atomic E-state index is 13.4. The monoisotopic (exact) mass is 506 g/mol. The summed E-state index contributed by atoms with van der Waals surface area (Å²) in [6, 6.07) is 7.81. The molecule has 7 nitrogen and oxygen atoms in total. The first-order valence-corrected chi connectivity index (χ1v) is 14.1. The standard InChI is InChI=1S/C25H38N4O3S2/c1-18(2)14-29-22(15-28(24(33)27-19(3)4)16-23-10-7-11-32-23)13-26-25(29)34(30,31)17-21-9-6-8-20(5)12-21/h6,8-9,12-13,18-19,23H,7,10-11,14-17H2,1-5H3,(H,27,33). The molecule has 1 aliphatic rings. The molecule has 1 aromatic heterocycles. The molecular formula is C25H38N4O3S2. The van der Waals surface area contributed by atoms with Crippen LogP contribution in [-0.4, -0.2) is 53.3 Å². The molecule has 34 heavy (non-hydrogen) atoms. The second-order valence-corrected chi connectivity index (χ2v) is 12.2. The lowest BCUT2D eigenvalue weighted by atomic mass is 10.2. The van der Waals surface area contributed by atoms with Crippen LogP contribution in [0.25, 0.3) is 0 Å². The maximum Gasteiger partial charge on any atom is 0.228 e. The Bertz CT molecular complexity index is 1070. The van der Waals surface area contributed by atoms with E-state index in [9.17, 15) is 8.42 Å². The molecule has 1 fully saturated rings. The lowest BCUT2D eigenvalue weighted by Crippen LogP contribution is -2.45. The van der Waals surface area contributed by atoms with Gasteiger partial charge in [-0.1, -0.05) is 43.7 Å². The number of nitrogens with zero attached hydrogens (tertiary/aromatic N) is 3. The molecule has 1 aliphatic heterocycles. The number of rotatable bonds is 10. The third-order valence-electron chi connectivity index (χ3n) is 5.67. The molecular weight excluding hydrogens is 468 g/mol. The van der Waals surface area contributed by atoms with Crippen LogP contribution in [0.1, 0.15) is 57.4 Å². The zero-order valence-corrected chi connectivity index (χ0v) is 22.6. The van der Waals surface area contributed by atoms with Gasteiger partial charge in [0.15, 0.2) is 5.11 Å². The van der Waals surface area contributed by atoms with E-state index < -0.39 is 9.84 Å². The summed E-state index contributed by atoms with van der Waals surface area (Å²) in [6.45, 7) is 12.7. The van der Waals surface area contributed by atoms with Crippen molar-refractivity contribution in [3.05, 3.63) is 47.3 Å². The Labute approximate surface area is 209 Å². The zero-order chi connectivity index (χ0) is 24.9. The number of hydrogen-bond acceptors (Lipinski definition) is 5. The Morgan fingerprint density at radius 2 is 2.09 bits per heavy atom. The topological polar surface area (TPSA) is 76.5 Å². The van der Waals surface area contributed by atoms with Crippen molar-refractivity contribution in [3.63, 3.8) is 0 Å². The highest BCUT2D eigenvalue weighted by Crippen LogP contribution is 2.22. The third kappa shape index (κ3) is 7.26. The van der Waals surface area contributed by atoms with E-state index in [2.05, 4.69) is 42.9 Å². The van der Waals surface area contributed by atoms with E-state index in [1.807, 2.05) is 35.8 Å². The van der Waals surface area contributed by atoms with Crippen molar-refractivity contribution in [1.29, 1.82) is 0 Å². The van der Waals surface area contributed by atoms with Gasteiger partial charge in [0.2, 0.25) is 15.0 Å². The minimum absolute atomic E-state index is 0.0732. The van der Waals surface area contributed by atoms with Crippen LogP contribution in [-0.2, 0) is 33.4 Å². The molecule has 1 N–H and O–H groups in total. The van der Waals surface area contributed by atoms with Gasteiger partial charge in [0.25, 0.3) is 0 Å². The second-order valence-electron chi connectivity index (χ2n) is 9.90. The molecule has 0 radical (unpaired) electrons. The minimum Gasteiger partial charge on any atom is -0.376 e. The Balaban J connectivity index is 1.90. The lowest BCUT2D eigenvalue weighted by Gasteiger charge is -2.30. The van der Waals surface area contributed by atoms with Gasteiger partial charge in [-0.05, 0) is 57.3 Å². The predicted molar refractivity (Wildman–Crippen MR) is 139 cm³/mol. The molecule has 0 bridgehead atoms. The van der Waals surface area contributed by atoms with Gasteiger partial charge in [-0.15, -0.1) is 0 Å². The number of thiocarbonyl (C=S) groups is 1. The molecule has 2 heterocycles. The van der Waals surface area contributed by atoms with E-state index in [1.165, 1.54) is 0 Å². The van der Waals surface area contributed by atoms with E-state index in [1.54, 1.807) is 6.20 Å². The fourth-order valence-electron chi connectivity index (χ4n) is 4.20. The van der Waals surface area contributed by atoms with Gasteiger partial charge in [-0.3, -0.25) is 0 Å². The summed E-state index contributed by atoms with van der Waals surface area (Å²) in [7, 11) is -3.62. The van der Waals surface area contributed by atoms with E-state index in [-0.39, 0.29) is 29.0 Å². The summed E-state index contributed by atoms with van der Waals surface area (Å²) >= 11 is 5.71. The first-order chi connectivity index (χ1) is 16.0. The number of aromatic nitrogens is 2. The SMILES string of the molecule is Cc1cccc(CS(=O)(=O)c2ncc(CN(CC3CCCO3)C(=S)NC(C)C)n2CC(C)C)c1. The first-order valence-electron chi connectivity index (χ1n) is 12.0. The van der Waals surface area contributed by atoms with Gasteiger partial charge in [-0.2, -0.15) is 0 Å². The van der Waals surface area contributed by atoms with Crippen molar-refractivity contribution in [1.82, 2.24) is 19.8 Å². The van der Waals surface area contributed by atoms with Crippen LogP contribution >= 0.6 is 12.2 Å². The fraction of sp³-hybridized carbons (Fsp3) is 0.600. The number of aryl methyl sites for hydroxylation is 1. The number of benzene rings is 1. The van der Waals surface area contributed by atoms with Crippen LogP contribution in [0.4, 0.5) is 0 Å². The lowest BCUT2D eigenvalue weighted by molar-refractivity contribution is 0.0891. The average molecular weight is 507 g/mol. The second kappa shape index (κ2) is 11.6. The van der Waals surface area contributed by atoms with Gasteiger partial charge in [0.05, 0.1) is 30.3 Å². The Morgan fingerprint density at radius 3 is 2.71 bits per heavy atom. The molecule has 0 saturated carbocycles. The van der Waals surface area contributed by atoms with Gasteiger partial charge in [0, 0.05) is 25.7 Å². The van der Waals surface area contributed by atoms with Crippen molar-refractivity contribution >= 4 is 27.2 Å². The molecule has 9 heteroatoms. The number of ether oxygens (including phenoxy) is 1. The summed E-state index contributed by atoms with van der Waals surface area (Å²) in [5.74, 6) is 0.184. The normalized spacial score (nSPS) is 16.4. The molecule has 1 aromatic carbocycles. The Kier molecular flexibility index (Phi) is 9.12. The third-order valence-corrected chi connectivity index (χ3v) is 7.64. The highest BCUT2D eigenvalue weighted by Gasteiger charge is 2.27. The Morgan fingerprint density at radius 1 is 1.32 bits per heavy atom. The summed E-state index contributed by atoms with van der Waals surface area (Å²) in [5.41, 5.74) is 2.64. The molecule has 1 atom stereocenters. The molecule has 0 amide bonds. The predicted octanol–water partition coefficient (Wildman–Crippen LogP) is 4.09. The van der Waals surface area contributed by atoms with Crippen LogP contribution in [0.2, 0.25) is 0 Å². The molecule has 1 unspecified atom stereocenters. The number of sulfone groups is 1. The van der Waals surface area contributed by atoms with Gasteiger partial charge >= 0.3 is 0 Å². The van der Waals surface area contributed by atoms with Gasteiger partial charge < -0.3 is 19.5 Å². The zero-order valence-electron chi connectivity index (χ0n) is 21.0. The Hall–Kier alpha value is -1.97. The summed E-state index contributed by atoms with van der Waals surface area (Å²) < 4.78 is 34.6. The van der Waals surface area contributed by atoms with Crippen molar-refractivity contribution < 1.29 is 13.2 Å². The van der Waals surface area contributed by atoms with Crippen LogP contribution in [0, 0.1) is 12.8 Å². The number of imidazole rings is 1. The summed E-state index contributed by atoms with van der Waals surface area (Å²) in [6.07, 6.45) is 3.86. The molecule has 0 aliphatic carbocycles. The highest BCUT2D eigenvalue weighted by molar-refractivity contribution is 7.90. The van der Waals surface area contributed by atoms with Crippen LogP contribution < -0.4 is 5.32 Å². The van der Waals surface area contributed by atoms with Crippen molar-refractivity contribution in [2.45, 2.75) is 83.6 Å². The molecule has 1 saturated heterocycles. The molecule has 3 rings (SSSR count). The molecule has 0 spiro atoms. The van der Waals surface area contributed by atoms with Crippen LogP contribution in [0.5, 0.6) is 0 Å². The van der Waals surface area contributed by atoms with Crippen LogP contribution in [0.15, 0.2) is 35.6 Å². The molecule has 2 aromatic rings. The maximum atomic E-state index is 13.4. The van der Waals surface area contributed by atoms with E-state index in [0.29, 0.717) is 24.7 Å². The van der Waals surface area contributed by atoms with E-state index in [0.717, 1.165) is 36.3 Å². The quantitative estimate of drug-likeness (QED) is 0.487. The molecule has 188 valence electrons. The highest BCUT2D eigenvalue weighted by atomic mass is 32.2. The van der Waals surface area contributed by atoms with Crippen molar-refractivity contribution in [2.75, 3.05) is 13.2 Å². The van der Waals surface area contributed by atoms with Gasteiger partial charge in [-0.25, -0.2) is 13.4 Å². The average Bonchev–Trinajstić information content (AvgIpc) is 3.37. The number of nitrogens with one attached hydrogen (secondary N) is 1. The smallest absolute Gasteiger partial charge is 0.228 e. The fourth-order valence-corrected chi connectivity index (χ4v) is 6.06. The first kappa shape index (κ1) is 26.6. The summed E-state index contributed by atoms with van der Waals surface area (Å²) in [4.78, 5) is 6.50. The van der Waals surface area contributed by atoms with E-state index >= 15 is 0 Å². The van der Waals surface area contributed by atoms with Crippen LogP contribution in [0.3, 0.4) is 0 Å². The van der Waals surface area contributed by atoms with Crippen molar-refractivity contribution in [2.24, 2.45) is 5.92 Å². The van der Waals surface area contributed by atoms with Crippen molar-refractivity contribution in [3.8, 4) is 0 Å². The largest absolute Gasteiger partial charge is 0.376 e. The minimum atomic E-state index is -3.62. The van der Waals surface area contributed by atoms with E-state index in [4.69, 9.17) is 17.0 Å². The number of hydrogen-bond donors (Lipinski definition) is 1. The summed E-state index contributed by atoms with van der Waals surface area (Å²) in [5, 5.41) is 4.09. The van der Waals surface area contributed by atoms with Gasteiger partial charge in [0.1, 0.15) is 0 Å².